The molecule has 2 fully saturated rings. The van der Waals surface area contributed by atoms with Gasteiger partial charge < -0.3 is 15.0 Å². The number of halogens is 2. The first-order valence-corrected chi connectivity index (χ1v) is 15.1. The molecule has 0 saturated carbocycles. The lowest BCUT2D eigenvalue weighted by atomic mass is 9.86. The van der Waals surface area contributed by atoms with E-state index in [1.165, 1.54) is 17.7 Å². The molecule has 2 aromatic heterocycles. The molecule has 0 bridgehead atoms. The number of ether oxygens (including phenoxy) is 1. The van der Waals surface area contributed by atoms with Gasteiger partial charge in [0.1, 0.15) is 11.6 Å². The molecule has 2 saturated heterocycles. The third kappa shape index (κ3) is 5.45. The molecule has 1 unspecified atom stereocenters. The van der Waals surface area contributed by atoms with Crippen LogP contribution in [0.1, 0.15) is 43.9 Å². The Kier molecular flexibility index (Phi) is 7.05. The SMILES string of the molecule is CC(C)n1nccc1-c1cc(F)ccc1Oc1cnc(Cl)nc1N1CCC2(CCN(Cc3ccc4c(c3)NC(=O)C4)C2)C1. The van der Waals surface area contributed by atoms with Crippen LogP contribution in [0.2, 0.25) is 5.28 Å². The van der Waals surface area contributed by atoms with Crippen molar-refractivity contribution in [3.63, 3.8) is 0 Å². The van der Waals surface area contributed by atoms with Gasteiger partial charge in [-0.1, -0.05) is 12.1 Å². The molecule has 222 valence electrons. The van der Waals surface area contributed by atoms with E-state index in [4.69, 9.17) is 16.3 Å². The number of likely N-dealkylation sites (tertiary alicyclic amines) is 1. The summed E-state index contributed by atoms with van der Waals surface area (Å²) in [5.74, 6) is 1.30. The first-order chi connectivity index (χ1) is 20.7. The minimum atomic E-state index is -0.358. The number of fused-ring (bicyclic) bond motifs is 1. The van der Waals surface area contributed by atoms with Gasteiger partial charge in [0.25, 0.3) is 0 Å². The first kappa shape index (κ1) is 27.8. The summed E-state index contributed by atoms with van der Waals surface area (Å²) in [7, 11) is 0. The molecule has 7 rings (SSSR count). The van der Waals surface area contributed by atoms with Gasteiger partial charge in [-0.3, -0.25) is 14.4 Å². The maximum absolute atomic E-state index is 14.4. The van der Waals surface area contributed by atoms with E-state index in [0.29, 0.717) is 29.3 Å². The zero-order valence-electron chi connectivity index (χ0n) is 24.2. The maximum Gasteiger partial charge on any atom is 0.228 e. The van der Waals surface area contributed by atoms with E-state index in [-0.39, 0.29) is 28.5 Å². The fourth-order valence-corrected chi connectivity index (χ4v) is 6.85. The van der Waals surface area contributed by atoms with Crippen LogP contribution < -0.4 is 15.0 Å². The Balaban J connectivity index is 1.10. The van der Waals surface area contributed by atoms with Gasteiger partial charge in [-0.15, -0.1) is 0 Å². The average molecular weight is 602 g/mol. The summed E-state index contributed by atoms with van der Waals surface area (Å²) in [5.41, 5.74) is 4.71. The van der Waals surface area contributed by atoms with E-state index < -0.39 is 0 Å². The number of carbonyl (C=O) groups is 1. The Morgan fingerprint density at radius 3 is 2.81 bits per heavy atom. The summed E-state index contributed by atoms with van der Waals surface area (Å²) >= 11 is 6.30. The fraction of sp³-hybridized carbons (Fsp3) is 0.375. The van der Waals surface area contributed by atoms with Crippen molar-refractivity contribution in [2.75, 3.05) is 36.4 Å². The van der Waals surface area contributed by atoms with E-state index in [9.17, 15) is 9.18 Å². The van der Waals surface area contributed by atoms with Crippen LogP contribution in [0.5, 0.6) is 11.5 Å². The number of hydrogen-bond acceptors (Lipinski definition) is 7. The first-order valence-electron chi connectivity index (χ1n) is 14.7. The van der Waals surface area contributed by atoms with Crippen molar-refractivity contribution in [1.29, 1.82) is 0 Å². The highest BCUT2D eigenvalue weighted by Gasteiger charge is 2.44. The zero-order valence-corrected chi connectivity index (χ0v) is 24.9. The van der Waals surface area contributed by atoms with Gasteiger partial charge in [0, 0.05) is 55.1 Å². The summed E-state index contributed by atoms with van der Waals surface area (Å²) in [4.78, 5) is 25.3. The molecule has 3 aliphatic rings. The topological polar surface area (TPSA) is 88.4 Å². The Morgan fingerprint density at radius 1 is 1.09 bits per heavy atom. The van der Waals surface area contributed by atoms with Gasteiger partial charge in [0.05, 0.1) is 18.3 Å². The molecule has 9 nitrogen and oxygen atoms in total. The number of nitrogens with zero attached hydrogens (tertiary/aromatic N) is 6. The number of rotatable bonds is 7. The highest BCUT2D eigenvalue weighted by Crippen LogP contribution is 2.44. The molecule has 11 heteroatoms. The molecule has 0 radical (unpaired) electrons. The number of anilines is 2. The van der Waals surface area contributed by atoms with E-state index in [2.05, 4.69) is 48.4 Å². The van der Waals surface area contributed by atoms with Gasteiger partial charge >= 0.3 is 0 Å². The molecule has 3 aliphatic heterocycles. The lowest BCUT2D eigenvalue weighted by Crippen LogP contribution is -2.31. The van der Waals surface area contributed by atoms with Crippen molar-refractivity contribution in [2.24, 2.45) is 5.41 Å². The summed E-state index contributed by atoms with van der Waals surface area (Å²) in [6.45, 7) is 8.53. The van der Waals surface area contributed by atoms with Gasteiger partial charge in [0.15, 0.2) is 11.6 Å². The Morgan fingerprint density at radius 2 is 1.95 bits per heavy atom. The predicted molar refractivity (Wildman–Crippen MR) is 163 cm³/mol. The van der Waals surface area contributed by atoms with Crippen molar-refractivity contribution in [3.8, 4) is 22.8 Å². The minimum absolute atomic E-state index is 0.0596. The van der Waals surface area contributed by atoms with Gasteiger partial charge in [-0.05, 0) is 86.3 Å². The molecule has 2 aromatic carbocycles. The quantitative estimate of drug-likeness (QED) is 0.256. The molecule has 0 aliphatic carbocycles. The summed E-state index contributed by atoms with van der Waals surface area (Å²) < 4.78 is 22.7. The van der Waals surface area contributed by atoms with Gasteiger partial charge in [0.2, 0.25) is 11.2 Å². The van der Waals surface area contributed by atoms with E-state index in [1.54, 1.807) is 18.5 Å². The van der Waals surface area contributed by atoms with Crippen LogP contribution in [0.15, 0.2) is 54.9 Å². The third-order valence-corrected chi connectivity index (χ3v) is 8.95. The fourth-order valence-electron chi connectivity index (χ4n) is 6.72. The predicted octanol–water partition coefficient (Wildman–Crippen LogP) is 6.10. The lowest BCUT2D eigenvalue weighted by Gasteiger charge is -2.26. The van der Waals surface area contributed by atoms with Crippen LogP contribution in [-0.4, -0.2) is 56.7 Å². The second-order valence-corrected chi connectivity index (χ2v) is 12.5. The molecule has 1 N–H and O–H groups in total. The van der Waals surface area contributed by atoms with Crippen molar-refractivity contribution in [1.82, 2.24) is 24.6 Å². The Labute approximate surface area is 254 Å². The van der Waals surface area contributed by atoms with Crippen LogP contribution >= 0.6 is 11.6 Å². The van der Waals surface area contributed by atoms with Crippen LogP contribution in [0.3, 0.4) is 0 Å². The molecule has 43 heavy (non-hydrogen) atoms. The third-order valence-electron chi connectivity index (χ3n) is 8.76. The van der Waals surface area contributed by atoms with E-state index in [0.717, 1.165) is 62.5 Å². The van der Waals surface area contributed by atoms with E-state index in [1.807, 2.05) is 24.6 Å². The summed E-state index contributed by atoms with van der Waals surface area (Å²) in [6, 6.07) is 12.7. The normalized spacial score (nSPS) is 19.9. The molecule has 5 heterocycles. The highest BCUT2D eigenvalue weighted by atomic mass is 35.5. The van der Waals surface area contributed by atoms with Crippen LogP contribution in [0.25, 0.3) is 11.3 Å². The second kappa shape index (κ2) is 10.9. The molecule has 1 amide bonds. The summed E-state index contributed by atoms with van der Waals surface area (Å²) in [5, 5.41) is 7.53. The molecule has 4 aromatic rings. The largest absolute Gasteiger partial charge is 0.451 e. The second-order valence-electron chi connectivity index (χ2n) is 12.2. The van der Waals surface area contributed by atoms with Crippen LogP contribution in [-0.2, 0) is 17.8 Å². The molecular weight excluding hydrogens is 569 g/mol. The number of carbonyl (C=O) groups excluding carboxylic acids is 1. The smallest absolute Gasteiger partial charge is 0.228 e. The average Bonchev–Trinajstić information content (AvgIpc) is 3.77. The van der Waals surface area contributed by atoms with Gasteiger partial charge in [-0.25, -0.2) is 9.37 Å². The zero-order chi connectivity index (χ0) is 29.7. The molecular formula is C32H33ClFN7O2. The Hall–Kier alpha value is -4.02. The number of amides is 1. The van der Waals surface area contributed by atoms with Crippen molar-refractivity contribution >= 4 is 29.0 Å². The van der Waals surface area contributed by atoms with E-state index >= 15 is 0 Å². The van der Waals surface area contributed by atoms with Crippen molar-refractivity contribution < 1.29 is 13.9 Å². The number of aromatic nitrogens is 4. The maximum atomic E-state index is 14.4. The highest BCUT2D eigenvalue weighted by molar-refractivity contribution is 6.28. The minimum Gasteiger partial charge on any atom is -0.451 e. The van der Waals surface area contributed by atoms with Crippen molar-refractivity contribution in [3.05, 3.63) is 77.1 Å². The number of benzene rings is 2. The number of hydrogen-bond donors (Lipinski definition) is 1. The number of nitrogens with one attached hydrogen (secondary N) is 1. The summed E-state index contributed by atoms with van der Waals surface area (Å²) in [6.07, 6.45) is 5.87. The van der Waals surface area contributed by atoms with Crippen LogP contribution in [0.4, 0.5) is 15.9 Å². The standard InChI is InChI=1S/C32H33ClFN7O2/c1-20(2)41-26(7-10-36-41)24-15-23(34)5-6-27(24)43-28-16-35-31(33)38-30(28)40-12-9-32(19-40)8-11-39(18-32)17-21-3-4-22-14-29(42)37-25(22)13-21/h3-7,10,13,15-16,20H,8-9,11-12,14,17-19H2,1-2H3,(H,37,42). The van der Waals surface area contributed by atoms with Crippen LogP contribution in [0, 0.1) is 11.2 Å². The Bertz CT molecular complexity index is 1710. The molecule has 1 spiro atoms. The van der Waals surface area contributed by atoms with Crippen molar-refractivity contribution in [2.45, 2.75) is 45.7 Å². The van der Waals surface area contributed by atoms with Gasteiger partial charge in [-0.2, -0.15) is 10.1 Å². The molecule has 1 atom stereocenters. The lowest BCUT2D eigenvalue weighted by molar-refractivity contribution is -0.115. The monoisotopic (exact) mass is 601 g/mol.